The van der Waals surface area contributed by atoms with Gasteiger partial charge in [-0.05, 0) is 37.0 Å². The van der Waals surface area contributed by atoms with Crippen molar-refractivity contribution in [2.75, 3.05) is 0 Å². The topological polar surface area (TPSA) is 20.2 Å². The zero-order chi connectivity index (χ0) is 12.7. The smallest absolute Gasteiger partial charge is 0.164 e. The number of hydrogen-bond donors (Lipinski definition) is 1. The molecule has 94 valence electrons. The summed E-state index contributed by atoms with van der Waals surface area (Å²) in [5.74, 6) is -1.88. The van der Waals surface area contributed by atoms with Crippen LogP contribution in [0.3, 0.4) is 0 Å². The number of thiophene rings is 1. The molecule has 0 radical (unpaired) electrons. The Morgan fingerprint density at radius 3 is 2.83 bits per heavy atom. The van der Waals surface area contributed by atoms with Gasteiger partial charge in [0.1, 0.15) is 6.10 Å². The van der Waals surface area contributed by atoms with Gasteiger partial charge in [0.2, 0.25) is 0 Å². The molecular weight excluding hydrogens is 254 g/mol. The van der Waals surface area contributed by atoms with Gasteiger partial charge >= 0.3 is 0 Å². The fraction of sp³-hybridized carbons (Fsp3) is 0.286. The molecule has 1 unspecified atom stereocenters. The molecule has 1 N–H and O–H groups in total. The highest BCUT2D eigenvalue weighted by Crippen LogP contribution is 2.36. The van der Waals surface area contributed by atoms with Crippen molar-refractivity contribution < 1.29 is 13.9 Å². The molecular formula is C14H12F2OS. The summed E-state index contributed by atoms with van der Waals surface area (Å²) < 4.78 is 26.7. The summed E-state index contributed by atoms with van der Waals surface area (Å²) in [6.07, 6.45) is 2.12. The number of benzene rings is 1. The largest absolute Gasteiger partial charge is 0.383 e. The van der Waals surface area contributed by atoms with E-state index in [1.807, 2.05) is 6.07 Å². The van der Waals surface area contributed by atoms with Gasteiger partial charge in [-0.25, -0.2) is 8.78 Å². The molecule has 1 heterocycles. The molecule has 1 aliphatic carbocycles. The van der Waals surface area contributed by atoms with Crippen LogP contribution >= 0.6 is 11.3 Å². The average Bonchev–Trinajstić information content (AvgIpc) is 2.92. The Labute approximate surface area is 108 Å². The first kappa shape index (κ1) is 11.8. The third-order valence-electron chi connectivity index (χ3n) is 3.31. The molecule has 0 fully saturated rings. The number of hydrogen-bond acceptors (Lipinski definition) is 2. The lowest BCUT2D eigenvalue weighted by Crippen LogP contribution is -2.02. The van der Waals surface area contributed by atoms with Gasteiger partial charge < -0.3 is 5.11 Å². The molecule has 1 atom stereocenters. The summed E-state index contributed by atoms with van der Waals surface area (Å²) in [4.78, 5) is 1.96. The van der Waals surface area contributed by atoms with Crippen molar-refractivity contribution >= 4 is 11.3 Å². The summed E-state index contributed by atoms with van der Waals surface area (Å²) in [5, 5.41) is 10.2. The third-order valence-corrected chi connectivity index (χ3v) is 4.60. The number of fused-ring (bicyclic) bond motifs is 1. The second kappa shape index (κ2) is 4.44. The van der Waals surface area contributed by atoms with Crippen molar-refractivity contribution in [2.24, 2.45) is 0 Å². The first-order chi connectivity index (χ1) is 8.66. The van der Waals surface area contributed by atoms with Crippen LogP contribution in [0.4, 0.5) is 8.78 Å². The van der Waals surface area contributed by atoms with Gasteiger partial charge in [-0.1, -0.05) is 12.1 Å². The highest BCUT2D eigenvalue weighted by Gasteiger charge is 2.22. The van der Waals surface area contributed by atoms with Crippen molar-refractivity contribution in [1.29, 1.82) is 0 Å². The van der Waals surface area contributed by atoms with E-state index >= 15 is 0 Å². The maximum Gasteiger partial charge on any atom is 0.164 e. The number of aliphatic hydroxyl groups is 1. The molecule has 4 heteroatoms. The van der Waals surface area contributed by atoms with E-state index in [-0.39, 0.29) is 5.56 Å². The van der Waals surface area contributed by atoms with E-state index < -0.39 is 17.7 Å². The van der Waals surface area contributed by atoms with Crippen LogP contribution in [0.5, 0.6) is 0 Å². The third kappa shape index (κ3) is 1.85. The Morgan fingerprint density at radius 2 is 2.06 bits per heavy atom. The summed E-state index contributed by atoms with van der Waals surface area (Å²) in [6, 6.07) is 5.81. The van der Waals surface area contributed by atoms with Gasteiger partial charge in [-0.2, -0.15) is 0 Å². The minimum absolute atomic E-state index is 0.00919. The van der Waals surface area contributed by atoms with E-state index in [0.717, 1.165) is 25.3 Å². The summed E-state index contributed by atoms with van der Waals surface area (Å²) in [6.45, 7) is 0. The SMILES string of the molecule is OC(c1cc2c(s1)CCC2)c1cccc(F)c1F. The normalized spacial score (nSPS) is 15.7. The molecule has 0 bridgehead atoms. The predicted octanol–water partition coefficient (Wildman–Crippen LogP) is 3.60. The Morgan fingerprint density at radius 1 is 1.22 bits per heavy atom. The fourth-order valence-electron chi connectivity index (χ4n) is 2.37. The molecule has 3 rings (SSSR count). The van der Waals surface area contributed by atoms with Crippen LogP contribution in [0, 0.1) is 11.6 Å². The van der Waals surface area contributed by atoms with Gasteiger partial charge in [-0.15, -0.1) is 11.3 Å². The van der Waals surface area contributed by atoms with Crippen molar-refractivity contribution in [3.05, 3.63) is 56.8 Å². The zero-order valence-corrected chi connectivity index (χ0v) is 10.4. The number of rotatable bonds is 2. The number of halogens is 2. The fourth-order valence-corrected chi connectivity index (χ4v) is 3.63. The molecule has 2 aromatic rings. The molecule has 1 aliphatic rings. The van der Waals surface area contributed by atoms with Crippen LogP contribution in [-0.2, 0) is 12.8 Å². The minimum atomic E-state index is -1.07. The van der Waals surface area contributed by atoms with Gasteiger partial charge in [-0.3, -0.25) is 0 Å². The molecule has 0 aliphatic heterocycles. The number of aliphatic hydroxyl groups excluding tert-OH is 1. The van der Waals surface area contributed by atoms with Crippen molar-refractivity contribution in [3.8, 4) is 0 Å². The molecule has 0 amide bonds. The summed E-state index contributed by atoms with van der Waals surface area (Å²) in [7, 11) is 0. The van der Waals surface area contributed by atoms with Gasteiger partial charge in [0.05, 0.1) is 0 Å². The molecule has 0 spiro atoms. The standard InChI is InChI=1S/C14H12F2OS/c15-10-5-2-4-9(13(10)16)14(17)12-7-8-3-1-6-11(8)18-12/h2,4-5,7,14,17H,1,3,6H2. The molecule has 0 saturated heterocycles. The van der Waals surface area contributed by atoms with E-state index in [2.05, 4.69) is 0 Å². The van der Waals surface area contributed by atoms with Crippen LogP contribution in [0.2, 0.25) is 0 Å². The second-order valence-electron chi connectivity index (χ2n) is 4.50. The van der Waals surface area contributed by atoms with Crippen molar-refractivity contribution in [3.63, 3.8) is 0 Å². The summed E-state index contributed by atoms with van der Waals surface area (Å²) >= 11 is 1.50. The Hall–Kier alpha value is -1.26. The van der Waals surface area contributed by atoms with E-state index in [4.69, 9.17) is 0 Å². The lowest BCUT2D eigenvalue weighted by Gasteiger charge is -2.10. The first-order valence-corrected chi connectivity index (χ1v) is 6.72. The second-order valence-corrected chi connectivity index (χ2v) is 5.66. The van der Waals surface area contributed by atoms with Gasteiger partial charge in [0.25, 0.3) is 0 Å². The van der Waals surface area contributed by atoms with Crippen molar-refractivity contribution in [1.82, 2.24) is 0 Å². The first-order valence-electron chi connectivity index (χ1n) is 5.90. The van der Waals surface area contributed by atoms with E-state index in [9.17, 15) is 13.9 Å². The molecule has 1 aromatic carbocycles. The highest BCUT2D eigenvalue weighted by atomic mass is 32.1. The van der Waals surface area contributed by atoms with Crippen LogP contribution in [0.25, 0.3) is 0 Å². The quantitative estimate of drug-likeness (QED) is 0.880. The van der Waals surface area contributed by atoms with E-state index in [1.54, 1.807) is 0 Å². The Kier molecular flexibility index (Phi) is 2.92. The molecule has 1 aromatic heterocycles. The lowest BCUT2D eigenvalue weighted by molar-refractivity contribution is 0.217. The van der Waals surface area contributed by atoms with E-state index in [1.165, 1.54) is 33.9 Å². The highest BCUT2D eigenvalue weighted by molar-refractivity contribution is 7.12. The van der Waals surface area contributed by atoms with E-state index in [0.29, 0.717) is 4.88 Å². The lowest BCUT2D eigenvalue weighted by atomic mass is 10.1. The monoisotopic (exact) mass is 266 g/mol. The maximum atomic E-state index is 13.6. The van der Waals surface area contributed by atoms with Crippen molar-refractivity contribution in [2.45, 2.75) is 25.4 Å². The van der Waals surface area contributed by atoms with Crippen LogP contribution in [0.1, 0.15) is 33.4 Å². The zero-order valence-electron chi connectivity index (χ0n) is 9.62. The molecule has 0 saturated carbocycles. The molecule has 1 nitrogen and oxygen atoms in total. The van der Waals surface area contributed by atoms with Gasteiger partial charge in [0.15, 0.2) is 11.6 Å². The average molecular weight is 266 g/mol. The predicted molar refractivity (Wildman–Crippen MR) is 66.8 cm³/mol. The van der Waals surface area contributed by atoms with Crippen LogP contribution in [0.15, 0.2) is 24.3 Å². The Balaban J connectivity index is 1.98. The maximum absolute atomic E-state index is 13.6. The number of aryl methyl sites for hydroxylation is 2. The summed E-state index contributed by atoms with van der Waals surface area (Å²) in [5.41, 5.74) is 1.25. The minimum Gasteiger partial charge on any atom is -0.383 e. The van der Waals surface area contributed by atoms with Crippen LogP contribution < -0.4 is 0 Å². The van der Waals surface area contributed by atoms with Crippen LogP contribution in [-0.4, -0.2) is 5.11 Å². The van der Waals surface area contributed by atoms with Gasteiger partial charge in [0, 0.05) is 15.3 Å². The molecule has 18 heavy (non-hydrogen) atoms. The Bertz CT molecular complexity index is 570.